The Hall–Kier alpha value is -1.92. The zero-order valence-corrected chi connectivity index (χ0v) is 19.3. The van der Waals surface area contributed by atoms with Crippen LogP contribution in [0.2, 0.25) is 5.02 Å². The van der Waals surface area contributed by atoms with Gasteiger partial charge < -0.3 is 9.80 Å². The van der Waals surface area contributed by atoms with Gasteiger partial charge >= 0.3 is 0 Å². The van der Waals surface area contributed by atoms with Crippen LogP contribution in [-0.4, -0.2) is 52.4 Å². The molecule has 0 aliphatic heterocycles. The number of amides is 1. The predicted molar refractivity (Wildman–Crippen MR) is 122 cm³/mol. The average Bonchev–Trinajstić information content (AvgIpc) is 3.23. The minimum atomic E-state index is -0.293. The maximum atomic E-state index is 13.2. The SMILES string of the molecule is CC(c1nc2ccc(Cl)cc2c(=O)n1C)N(CCN(C)C)C(=O)CCC1CCCC1. The minimum Gasteiger partial charge on any atom is -0.332 e. The highest BCUT2D eigenvalue weighted by Gasteiger charge is 2.26. The molecule has 1 atom stereocenters. The maximum Gasteiger partial charge on any atom is 0.261 e. The highest BCUT2D eigenvalue weighted by Crippen LogP contribution is 2.29. The van der Waals surface area contributed by atoms with Crippen LogP contribution in [0.15, 0.2) is 23.0 Å². The highest BCUT2D eigenvalue weighted by molar-refractivity contribution is 6.31. The lowest BCUT2D eigenvalue weighted by Crippen LogP contribution is -2.40. The van der Waals surface area contributed by atoms with Gasteiger partial charge in [-0.15, -0.1) is 0 Å². The van der Waals surface area contributed by atoms with Crippen LogP contribution < -0.4 is 5.56 Å². The van der Waals surface area contributed by atoms with E-state index in [2.05, 4.69) is 4.90 Å². The van der Waals surface area contributed by atoms with Crippen LogP contribution in [-0.2, 0) is 11.8 Å². The first-order valence-corrected chi connectivity index (χ1v) is 11.3. The lowest BCUT2D eigenvalue weighted by Gasteiger charge is -2.31. The van der Waals surface area contributed by atoms with Gasteiger partial charge in [-0.05, 0) is 51.6 Å². The van der Waals surface area contributed by atoms with Gasteiger partial charge in [0, 0.05) is 31.6 Å². The number of hydrogen-bond donors (Lipinski definition) is 0. The number of hydrogen-bond acceptors (Lipinski definition) is 4. The van der Waals surface area contributed by atoms with E-state index in [4.69, 9.17) is 16.6 Å². The molecule has 1 heterocycles. The summed E-state index contributed by atoms with van der Waals surface area (Å²) in [6.07, 6.45) is 6.55. The second kappa shape index (κ2) is 9.92. The summed E-state index contributed by atoms with van der Waals surface area (Å²) in [6, 6.07) is 4.86. The molecule has 1 fully saturated rings. The third-order valence-electron chi connectivity index (χ3n) is 6.26. The molecule has 0 spiro atoms. The van der Waals surface area contributed by atoms with Gasteiger partial charge in [-0.2, -0.15) is 0 Å². The number of halogens is 1. The summed E-state index contributed by atoms with van der Waals surface area (Å²) < 4.78 is 1.55. The lowest BCUT2D eigenvalue weighted by atomic mass is 10.0. The second-order valence-corrected chi connectivity index (χ2v) is 9.19. The summed E-state index contributed by atoms with van der Waals surface area (Å²) in [5, 5.41) is 1.00. The monoisotopic (exact) mass is 432 g/mol. The zero-order chi connectivity index (χ0) is 21.8. The third kappa shape index (κ3) is 5.22. The fourth-order valence-corrected chi connectivity index (χ4v) is 4.56. The molecule has 0 saturated heterocycles. The molecule has 7 heteroatoms. The zero-order valence-electron chi connectivity index (χ0n) is 18.5. The summed E-state index contributed by atoms with van der Waals surface area (Å²) in [7, 11) is 5.72. The quantitative estimate of drug-likeness (QED) is 0.632. The fourth-order valence-electron chi connectivity index (χ4n) is 4.39. The number of likely N-dealkylation sites (N-methyl/N-ethyl adjacent to an activating group) is 1. The van der Waals surface area contributed by atoms with Crippen LogP contribution in [0.1, 0.15) is 57.3 Å². The van der Waals surface area contributed by atoms with E-state index >= 15 is 0 Å². The number of benzene rings is 1. The Bertz CT molecular complexity index is 950. The van der Waals surface area contributed by atoms with Crippen LogP contribution in [0.25, 0.3) is 10.9 Å². The Morgan fingerprint density at radius 3 is 2.63 bits per heavy atom. The number of carbonyl (C=O) groups excluding carboxylic acids is 1. The van der Waals surface area contributed by atoms with Crippen molar-refractivity contribution in [3.8, 4) is 0 Å². The van der Waals surface area contributed by atoms with Crippen molar-refractivity contribution in [2.75, 3.05) is 27.2 Å². The number of rotatable bonds is 8. The van der Waals surface area contributed by atoms with E-state index in [-0.39, 0.29) is 17.5 Å². The van der Waals surface area contributed by atoms with Gasteiger partial charge in [0.05, 0.1) is 16.9 Å². The molecule has 0 radical (unpaired) electrons. The fraction of sp³-hybridized carbons (Fsp3) is 0.609. The number of nitrogens with zero attached hydrogens (tertiary/aromatic N) is 4. The molecule has 0 N–H and O–H groups in total. The molecule has 30 heavy (non-hydrogen) atoms. The molecule has 1 aromatic heterocycles. The molecular formula is C23H33ClN4O2. The van der Waals surface area contributed by atoms with Gasteiger partial charge in [0.15, 0.2) is 0 Å². The van der Waals surface area contributed by atoms with E-state index in [1.807, 2.05) is 25.9 Å². The first-order valence-electron chi connectivity index (χ1n) is 10.9. The molecule has 1 aromatic carbocycles. The van der Waals surface area contributed by atoms with Gasteiger partial charge in [-0.25, -0.2) is 4.98 Å². The lowest BCUT2D eigenvalue weighted by molar-refractivity contribution is -0.134. The molecule has 3 rings (SSSR count). The van der Waals surface area contributed by atoms with Gasteiger partial charge in [0.25, 0.3) is 5.56 Å². The van der Waals surface area contributed by atoms with E-state index < -0.39 is 0 Å². The number of fused-ring (bicyclic) bond motifs is 1. The first kappa shape index (κ1) is 22.8. The Morgan fingerprint density at radius 2 is 1.97 bits per heavy atom. The largest absolute Gasteiger partial charge is 0.332 e. The standard InChI is InChI=1S/C23H33ClN4O2/c1-16(22-25-20-11-10-18(24)15-19(20)23(30)27(22)4)28(14-13-26(2)3)21(29)12-9-17-7-5-6-8-17/h10-11,15-17H,5-9,12-14H2,1-4H3. The van der Waals surface area contributed by atoms with Gasteiger partial charge in [0.2, 0.25) is 5.91 Å². The Labute approximate surface area is 183 Å². The summed E-state index contributed by atoms with van der Waals surface area (Å²) in [6.45, 7) is 3.33. The Morgan fingerprint density at radius 1 is 1.27 bits per heavy atom. The van der Waals surface area contributed by atoms with Crippen molar-refractivity contribution in [1.29, 1.82) is 0 Å². The van der Waals surface area contributed by atoms with Crippen LogP contribution in [0.3, 0.4) is 0 Å². The van der Waals surface area contributed by atoms with Crippen molar-refractivity contribution in [1.82, 2.24) is 19.4 Å². The topological polar surface area (TPSA) is 58.4 Å². The van der Waals surface area contributed by atoms with Crippen LogP contribution in [0.4, 0.5) is 0 Å². The minimum absolute atomic E-state index is 0.140. The third-order valence-corrected chi connectivity index (χ3v) is 6.50. The van der Waals surface area contributed by atoms with Crippen LogP contribution in [0.5, 0.6) is 0 Å². The van der Waals surface area contributed by atoms with Crippen molar-refractivity contribution in [2.24, 2.45) is 13.0 Å². The smallest absolute Gasteiger partial charge is 0.261 e. The maximum absolute atomic E-state index is 13.2. The molecule has 1 amide bonds. The highest BCUT2D eigenvalue weighted by atomic mass is 35.5. The molecule has 1 aliphatic carbocycles. The van der Waals surface area contributed by atoms with Gasteiger partial charge in [-0.3, -0.25) is 14.2 Å². The van der Waals surface area contributed by atoms with E-state index in [0.717, 1.165) is 13.0 Å². The van der Waals surface area contributed by atoms with E-state index in [0.29, 0.717) is 40.6 Å². The Balaban J connectivity index is 1.88. The number of aromatic nitrogens is 2. The molecule has 6 nitrogen and oxygen atoms in total. The van der Waals surface area contributed by atoms with Crippen molar-refractivity contribution in [3.63, 3.8) is 0 Å². The van der Waals surface area contributed by atoms with Crippen LogP contribution in [0, 0.1) is 5.92 Å². The normalized spacial score (nSPS) is 15.8. The second-order valence-electron chi connectivity index (χ2n) is 8.75. The van der Waals surface area contributed by atoms with Crippen molar-refractivity contribution < 1.29 is 4.79 Å². The molecule has 164 valence electrons. The molecule has 1 unspecified atom stereocenters. The molecule has 1 aliphatic rings. The number of carbonyl (C=O) groups is 1. The van der Waals surface area contributed by atoms with Crippen LogP contribution >= 0.6 is 11.6 Å². The van der Waals surface area contributed by atoms with Crippen molar-refractivity contribution in [2.45, 2.75) is 51.5 Å². The summed E-state index contributed by atoms with van der Waals surface area (Å²) in [5.41, 5.74) is 0.464. The van der Waals surface area contributed by atoms with Crippen molar-refractivity contribution in [3.05, 3.63) is 39.4 Å². The first-order chi connectivity index (χ1) is 14.3. The summed E-state index contributed by atoms with van der Waals surface area (Å²) in [5.74, 6) is 1.41. The average molecular weight is 433 g/mol. The molecular weight excluding hydrogens is 400 g/mol. The molecule has 2 aromatic rings. The van der Waals surface area contributed by atoms with E-state index in [1.54, 1.807) is 29.8 Å². The van der Waals surface area contributed by atoms with Gasteiger partial charge in [0.1, 0.15) is 5.82 Å². The predicted octanol–water partition coefficient (Wildman–Crippen LogP) is 4.01. The van der Waals surface area contributed by atoms with E-state index in [1.165, 1.54) is 25.7 Å². The van der Waals surface area contributed by atoms with E-state index in [9.17, 15) is 9.59 Å². The van der Waals surface area contributed by atoms with Gasteiger partial charge in [-0.1, -0.05) is 37.3 Å². The Kier molecular flexibility index (Phi) is 7.53. The molecule has 0 bridgehead atoms. The summed E-state index contributed by atoms with van der Waals surface area (Å²) in [4.78, 5) is 34.8. The summed E-state index contributed by atoms with van der Waals surface area (Å²) >= 11 is 6.06. The van der Waals surface area contributed by atoms with Crippen molar-refractivity contribution >= 4 is 28.4 Å². The molecule has 1 saturated carbocycles.